The standard InChI is InChI=1S/C14H10Cl3N5O/c1-7-6-10(23)22(21-7)9-4-2-8(3-5-9)18-13-11(15)12(16)19-14(17)20-13/h2-6,21H,1H3,(H,18,19,20). The number of hydrogen-bond donors (Lipinski definition) is 2. The Hall–Kier alpha value is -2.02. The molecule has 6 nitrogen and oxygen atoms in total. The average molecular weight is 371 g/mol. The molecule has 3 aromatic rings. The summed E-state index contributed by atoms with van der Waals surface area (Å²) in [5, 5.41) is 6.20. The van der Waals surface area contributed by atoms with Gasteiger partial charge in [0.15, 0.2) is 11.0 Å². The van der Waals surface area contributed by atoms with Gasteiger partial charge in [0.05, 0.1) is 5.69 Å². The summed E-state index contributed by atoms with van der Waals surface area (Å²) in [6.45, 7) is 1.82. The first-order valence-electron chi connectivity index (χ1n) is 6.49. The van der Waals surface area contributed by atoms with Crippen molar-refractivity contribution in [1.29, 1.82) is 0 Å². The Balaban J connectivity index is 1.89. The van der Waals surface area contributed by atoms with Gasteiger partial charge in [-0.25, -0.2) is 9.67 Å². The third-order valence-corrected chi connectivity index (χ3v) is 3.92. The Morgan fingerprint density at radius 1 is 1.13 bits per heavy atom. The summed E-state index contributed by atoms with van der Waals surface area (Å²) >= 11 is 17.7. The van der Waals surface area contributed by atoms with Crippen LogP contribution in [0, 0.1) is 6.92 Å². The second-order valence-corrected chi connectivity index (χ2v) is 5.80. The smallest absolute Gasteiger partial charge is 0.271 e. The normalized spacial score (nSPS) is 10.8. The molecule has 0 aliphatic heterocycles. The molecule has 3 rings (SSSR count). The van der Waals surface area contributed by atoms with Gasteiger partial charge in [0.25, 0.3) is 5.56 Å². The maximum atomic E-state index is 11.8. The maximum Gasteiger partial charge on any atom is 0.271 e. The van der Waals surface area contributed by atoms with E-state index in [1.54, 1.807) is 24.3 Å². The van der Waals surface area contributed by atoms with Crippen LogP contribution in [-0.2, 0) is 0 Å². The highest BCUT2D eigenvalue weighted by Crippen LogP contribution is 2.30. The topological polar surface area (TPSA) is 75.6 Å². The van der Waals surface area contributed by atoms with Crippen molar-refractivity contribution in [3.63, 3.8) is 0 Å². The Morgan fingerprint density at radius 3 is 2.43 bits per heavy atom. The van der Waals surface area contributed by atoms with Crippen molar-refractivity contribution >= 4 is 46.3 Å². The number of benzene rings is 1. The van der Waals surface area contributed by atoms with E-state index in [1.165, 1.54) is 10.7 Å². The molecule has 0 saturated carbocycles. The predicted molar refractivity (Wildman–Crippen MR) is 91.5 cm³/mol. The van der Waals surface area contributed by atoms with Crippen molar-refractivity contribution in [3.8, 4) is 5.69 Å². The molecular weight excluding hydrogens is 361 g/mol. The Kier molecular flexibility index (Phi) is 4.30. The van der Waals surface area contributed by atoms with Crippen molar-refractivity contribution in [2.75, 3.05) is 5.32 Å². The monoisotopic (exact) mass is 369 g/mol. The first kappa shape index (κ1) is 15.9. The molecule has 118 valence electrons. The number of nitrogens with one attached hydrogen (secondary N) is 2. The van der Waals surface area contributed by atoms with E-state index in [9.17, 15) is 4.79 Å². The van der Waals surface area contributed by atoms with Gasteiger partial charge < -0.3 is 5.32 Å². The van der Waals surface area contributed by atoms with E-state index >= 15 is 0 Å². The van der Waals surface area contributed by atoms with Crippen LogP contribution in [0.4, 0.5) is 11.5 Å². The van der Waals surface area contributed by atoms with E-state index in [4.69, 9.17) is 34.8 Å². The zero-order chi connectivity index (χ0) is 16.6. The van der Waals surface area contributed by atoms with Crippen molar-refractivity contribution in [3.05, 3.63) is 61.8 Å². The Labute approximate surface area is 146 Å². The van der Waals surface area contributed by atoms with E-state index < -0.39 is 0 Å². The van der Waals surface area contributed by atoms with Crippen LogP contribution in [0.2, 0.25) is 15.5 Å². The van der Waals surface area contributed by atoms with Gasteiger partial charge in [-0.1, -0.05) is 23.2 Å². The molecule has 2 heterocycles. The fraction of sp³-hybridized carbons (Fsp3) is 0.0714. The molecule has 1 aromatic carbocycles. The number of rotatable bonds is 3. The maximum absolute atomic E-state index is 11.8. The summed E-state index contributed by atoms with van der Waals surface area (Å²) in [7, 11) is 0. The summed E-state index contributed by atoms with van der Waals surface area (Å²) in [6.07, 6.45) is 0. The summed E-state index contributed by atoms with van der Waals surface area (Å²) in [5.74, 6) is 0.303. The number of H-pyrrole nitrogens is 1. The third kappa shape index (κ3) is 3.34. The quantitative estimate of drug-likeness (QED) is 0.540. The van der Waals surface area contributed by atoms with Gasteiger partial charge in [-0.05, 0) is 42.8 Å². The van der Waals surface area contributed by atoms with Crippen LogP contribution >= 0.6 is 34.8 Å². The van der Waals surface area contributed by atoms with Crippen LogP contribution < -0.4 is 10.9 Å². The molecular formula is C14H10Cl3N5O. The highest BCUT2D eigenvalue weighted by molar-refractivity contribution is 6.43. The van der Waals surface area contributed by atoms with Crippen molar-refractivity contribution in [1.82, 2.24) is 19.7 Å². The Morgan fingerprint density at radius 2 is 1.83 bits per heavy atom. The van der Waals surface area contributed by atoms with Crippen LogP contribution in [0.25, 0.3) is 5.69 Å². The lowest BCUT2D eigenvalue weighted by Crippen LogP contribution is -2.13. The van der Waals surface area contributed by atoms with E-state index in [2.05, 4.69) is 20.4 Å². The first-order chi connectivity index (χ1) is 10.9. The van der Waals surface area contributed by atoms with E-state index in [0.29, 0.717) is 17.2 Å². The molecule has 0 spiro atoms. The molecule has 0 amide bonds. The fourth-order valence-corrected chi connectivity index (χ4v) is 2.53. The average Bonchev–Trinajstić information content (AvgIpc) is 2.84. The predicted octanol–water partition coefficient (Wildman–Crippen LogP) is 3.97. The molecule has 2 aromatic heterocycles. The molecule has 2 N–H and O–H groups in total. The third-order valence-electron chi connectivity index (χ3n) is 3.02. The lowest BCUT2D eigenvalue weighted by Gasteiger charge is -2.09. The van der Waals surface area contributed by atoms with Crippen LogP contribution in [0.5, 0.6) is 0 Å². The van der Waals surface area contributed by atoms with Gasteiger partial charge in [-0.2, -0.15) is 4.98 Å². The molecule has 0 aliphatic carbocycles. The summed E-state index contributed by atoms with van der Waals surface area (Å²) in [4.78, 5) is 19.5. The molecule has 0 fully saturated rings. The van der Waals surface area contributed by atoms with Crippen LogP contribution in [0.15, 0.2) is 35.1 Å². The minimum atomic E-state index is -0.124. The number of halogens is 3. The van der Waals surface area contributed by atoms with Gasteiger partial charge in [-0.15, -0.1) is 0 Å². The molecule has 0 saturated heterocycles. The first-order valence-corrected chi connectivity index (χ1v) is 7.62. The molecule has 0 radical (unpaired) electrons. The van der Waals surface area contributed by atoms with Gasteiger partial charge in [0.1, 0.15) is 5.02 Å². The van der Waals surface area contributed by atoms with Crippen LogP contribution in [0.1, 0.15) is 5.69 Å². The second-order valence-electron chi connectivity index (χ2n) is 4.73. The Bertz CT molecular complexity index is 917. The van der Waals surface area contributed by atoms with Gasteiger partial charge in [0, 0.05) is 17.4 Å². The molecule has 0 aliphatic rings. The summed E-state index contributed by atoms with van der Waals surface area (Å²) < 4.78 is 1.45. The number of hydrogen-bond acceptors (Lipinski definition) is 4. The second kappa shape index (κ2) is 6.23. The molecule has 23 heavy (non-hydrogen) atoms. The van der Waals surface area contributed by atoms with E-state index in [0.717, 1.165) is 5.69 Å². The molecule has 0 bridgehead atoms. The number of nitrogens with zero attached hydrogens (tertiary/aromatic N) is 3. The van der Waals surface area contributed by atoms with E-state index in [1.807, 2.05) is 6.92 Å². The van der Waals surface area contributed by atoms with Crippen molar-refractivity contribution < 1.29 is 0 Å². The molecule has 0 unspecified atom stereocenters. The fourth-order valence-electron chi connectivity index (χ4n) is 2.01. The lowest BCUT2D eigenvalue weighted by molar-refractivity contribution is 0.835. The number of aryl methyl sites for hydroxylation is 1. The number of anilines is 2. The lowest BCUT2D eigenvalue weighted by atomic mass is 10.3. The highest BCUT2D eigenvalue weighted by atomic mass is 35.5. The number of aromatic amines is 1. The van der Waals surface area contributed by atoms with Crippen molar-refractivity contribution in [2.24, 2.45) is 0 Å². The van der Waals surface area contributed by atoms with Crippen LogP contribution in [0.3, 0.4) is 0 Å². The van der Waals surface area contributed by atoms with Gasteiger partial charge in [0.2, 0.25) is 5.28 Å². The minimum Gasteiger partial charge on any atom is -0.339 e. The SMILES string of the molecule is Cc1cc(=O)n(-c2ccc(Nc3nc(Cl)nc(Cl)c3Cl)cc2)[nH]1. The van der Waals surface area contributed by atoms with Gasteiger partial charge >= 0.3 is 0 Å². The summed E-state index contributed by atoms with van der Waals surface area (Å²) in [5.41, 5.74) is 2.08. The van der Waals surface area contributed by atoms with Gasteiger partial charge in [-0.3, -0.25) is 9.89 Å². The minimum absolute atomic E-state index is 0.00747. The zero-order valence-corrected chi connectivity index (χ0v) is 14.0. The van der Waals surface area contributed by atoms with Crippen LogP contribution in [-0.4, -0.2) is 19.7 Å². The highest BCUT2D eigenvalue weighted by Gasteiger charge is 2.11. The van der Waals surface area contributed by atoms with E-state index in [-0.39, 0.29) is 21.0 Å². The largest absolute Gasteiger partial charge is 0.339 e. The molecule has 9 heteroatoms. The molecule has 0 atom stereocenters. The number of aromatic nitrogens is 4. The summed E-state index contributed by atoms with van der Waals surface area (Å²) in [6, 6.07) is 8.63. The zero-order valence-electron chi connectivity index (χ0n) is 11.8. The van der Waals surface area contributed by atoms with Crippen molar-refractivity contribution in [2.45, 2.75) is 6.92 Å².